The van der Waals surface area contributed by atoms with Crippen molar-refractivity contribution in [2.75, 3.05) is 0 Å². The highest BCUT2D eigenvalue weighted by atomic mass is 28.4. The zero-order valence-electron chi connectivity index (χ0n) is 17.1. The number of allylic oxidation sites excluding steroid dienone is 1. The summed E-state index contributed by atoms with van der Waals surface area (Å²) in [5, 5.41) is 0.234. The van der Waals surface area contributed by atoms with Gasteiger partial charge in [0.2, 0.25) is 8.32 Å². The van der Waals surface area contributed by atoms with Gasteiger partial charge in [-0.25, -0.2) is 0 Å². The normalized spacial score (nSPS) is 20.5. The molecule has 2 nitrogen and oxygen atoms in total. The predicted molar refractivity (Wildman–Crippen MR) is 107 cm³/mol. The molecule has 0 spiro atoms. The lowest BCUT2D eigenvalue weighted by atomic mass is 9.84. The van der Waals surface area contributed by atoms with E-state index in [0.717, 1.165) is 5.76 Å². The molecule has 1 fully saturated rings. The molecule has 0 unspecified atom stereocenters. The van der Waals surface area contributed by atoms with Gasteiger partial charge in [-0.2, -0.15) is 0 Å². The van der Waals surface area contributed by atoms with E-state index in [1.807, 2.05) is 0 Å². The Balaban J connectivity index is 3.06. The molecule has 1 saturated carbocycles. The summed E-state index contributed by atoms with van der Waals surface area (Å²) in [6.07, 6.45) is 8.96. The number of hydrogen-bond acceptors (Lipinski definition) is 2. The average Bonchev–Trinajstić information content (AvgIpc) is 2.41. The van der Waals surface area contributed by atoms with Crippen molar-refractivity contribution in [1.29, 1.82) is 0 Å². The first-order valence-corrected chi connectivity index (χ1v) is 15.7. The van der Waals surface area contributed by atoms with E-state index in [9.17, 15) is 0 Å². The number of hydrogen-bond donors (Lipinski definition) is 0. The van der Waals surface area contributed by atoms with Gasteiger partial charge in [0.05, 0.1) is 0 Å². The van der Waals surface area contributed by atoms with Crippen molar-refractivity contribution in [1.82, 2.24) is 0 Å². The van der Waals surface area contributed by atoms with Crippen LogP contribution in [0, 0.1) is 5.92 Å². The van der Waals surface area contributed by atoms with Crippen molar-refractivity contribution in [3.05, 3.63) is 11.8 Å². The van der Waals surface area contributed by atoms with Crippen LogP contribution in [0.15, 0.2) is 11.8 Å². The van der Waals surface area contributed by atoms with Crippen LogP contribution < -0.4 is 0 Å². The van der Waals surface area contributed by atoms with E-state index in [-0.39, 0.29) is 11.1 Å². The van der Waals surface area contributed by atoms with Gasteiger partial charge in [0, 0.05) is 0 Å². The lowest BCUT2D eigenvalue weighted by Gasteiger charge is -2.43. The van der Waals surface area contributed by atoms with E-state index < -0.39 is 16.6 Å². The third kappa shape index (κ3) is 6.39. The second-order valence-electron chi connectivity index (χ2n) is 9.60. The smallest absolute Gasteiger partial charge is 0.241 e. The van der Waals surface area contributed by atoms with E-state index in [1.165, 1.54) is 32.1 Å². The van der Waals surface area contributed by atoms with E-state index in [4.69, 9.17) is 8.85 Å². The van der Waals surface area contributed by atoms with Gasteiger partial charge in [0.15, 0.2) is 8.32 Å². The molecule has 0 heterocycles. The molecule has 0 aromatic heterocycles. The largest absolute Gasteiger partial charge is 0.546 e. The first-order chi connectivity index (χ1) is 10.4. The average molecular weight is 357 g/mol. The molecule has 0 aliphatic heterocycles. The minimum absolute atomic E-state index is 0.160. The van der Waals surface area contributed by atoms with Gasteiger partial charge >= 0.3 is 0 Å². The van der Waals surface area contributed by atoms with Crippen molar-refractivity contribution in [3.8, 4) is 0 Å². The van der Waals surface area contributed by atoms with Crippen LogP contribution in [0.1, 0.15) is 59.8 Å². The molecule has 4 heteroatoms. The summed E-state index contributed by atoms with van der Waals surface area (Å²) in [6.45, 7) is 20.6. The maximum Gasteiger partial charge on any atom is 0.241 e. The highest BCUT2D eigenvalue weighted by Crippen LogP contribution is 2.41. The van der Waals surface area contributed by atoms with Gasteiger partial charge in [0.1, 0.15) is 11.9 Å². The zero-order chi connectivity index (χ0) is 17.9. The Kier molecular flexibility index (Phi) is 7.18. The molecular weight excluding hydrogens is 316 g/mol. The third-order valence-electron chi connectivity index (χ3n) is 5.29. The van der Waals surface area contributed by atoms with Crippen molar-refractivity contribution in [2.24, 2.45) is 5.92 Å². The molecule has 1 atom stereocenters. The lowest BCUT2D eigenvalue weighted by Crippen LogP contribution is -2.47. The molecule has 0 saturated heterocycles. The Bertz CT molecular complexity index is 397. The fraction of sp³-hybridized carbons (Fsp3) is 0.895. The topological polar surface area (TPSA) is 18.5 Å². The van der Waals surface area contributed by atoms with Crippen LogP contribution in [-0.2, 0) is 8.85 Å². The predicted octanol–water partition coefficient (Wildman–Crippen LogP) is 6.71. The molecule has 1 aliphatic rings. The van der Waals surface area contributed by atoms with Crippen LogP contribution in [0.4, 0.5) is 0 Å². The van der Waals surface area contributed by atoms with Crippen LogP contribution in [-0.4, -0.2) is 22.7 Å². The Morgan fingerprint density at radius 3 is 1.91 bits per heavy atom. The summed E-state index contributed by atoms with van der Waals surface area (Å²) in [4.78, 5) is 0. The van der Waals surface area contributed by atoms with Crippen LogP contribution in [0.2, 0.25) is 37.8 Å². The maximum absolute atomic E-state index is 6.91. The second-order valence-corrected chi connectivity index (χ2v) is 18.8. The lowest BCUT2D eigenvalue weighted by molar-refractivity contribution is 0.0884. The van der Waals surface area contributed by atoms with E-state index >= 15 is 0 Å². The standard InChI is InChI=1S/C19H40O2Si2/c1-10-17(20-22(5,6)7)18(16-14-12-11-13-15-16)21-23(8,9)19(2,3)4/h10,16,18H,11-15H2,1-9H3/t18-/m0/s1. The minimum Gasteiger partial charge on any atom is -0.546 e. The zero-order valence-corrected chi connectivity index (χ0v) is 19.1. The van der Waals surface area contributed by atoms with E-state index in [2.05, 4.69) is 66.5 Å². The van der Waals surface area contributed by atoms with Crippen LogP contribution >= 0.6 is 0 Å². The molecule has 1 aliphatic carbocycles. The van der Waals surface area contributed by atoms with Gasteiger partial charge in [-0.1, -0.05) is 40.0 Å². The van der Waals surface area contributed by atoms with Crippen molar-refractivity contribution in [3.63, 3.8) is 0 Å². The highest BCUT2D eigenvalue weighted by molar-refractivity contribution is 6.74. The van der Waals surface area contributed by atoms with Gasteiger partial charge < -0.3 is 8.85 Å². The third-order valence-corrected chi connectivity index (χ3v) is 10.6. The Morgan fingerprint density at radius 1 is 1.00 bits per heavy atom. The number of rotatable bonds is 6. The van der Waals surface area contributed by atoms with Crippen molar-refractivity contribution in [2.45, 2.75) is 104 Å². The molecule has 0 bridgehead atoms. The van der Waals surface area contributed by atoms with Crippen molar-refractivity contribution >= 4 is 16.6 Å². The summed E-state index contributed by atoms with van der Waals surface area (Å²) in [7, 11) is -3.43. The summed E-state index contributed by atoms with van der Waals surface area (Å²) in [6, 6.07) is 0. The van der Waals surface area contributed by atoms with Crippen molar-refractivity contribution < 1.29 is 8.85 Å². The SMILES string of the molecule is CC=C(O[Si](C)(C)C)[C@@H](O[Si](C)(C)C(C)(C)C)C1CCCCC1. The highest BCUT2D eigenvalue weighted by Gasteiger charge is 2.42. The Hall–Kier alpha value is -0.0662. The second kappa shape index (κ2) is 7.88. The first kappa shape index (κ1) is 21.0. The van der Waals surface area contributed by atoms with Gasteiger partial charge in [-0.05, 0) is 69.5 Å². The molecular formula is C19H40O2Si2. The molecule has 0 radical (unpaired) electrons. The maximum atomic E-state index is 6.91. The summed E-state index contributed by atoms with van der Waals surface area (Å²) < 4.78 is 13.4. The first-order valence-electron chi connectivity index (χ1n) is 9.40. The Labute approximate surface area is 147 Å². The molecule has 0 amide bonds. The molecule has 0 aromatic rings. The molecule has 0 aromatic carbocycles. The summed E-state index contributed by atoms with van der Waals surface area (Å²) in [5.41, 5.74) is 0. The van der Waals surface area contributed by atoms with Gasteiger partial charge in [-0.3, -0.25) is 0 Å². The molecule has 0 N–H and O–H groups in total. The quantitative estimate of drug-likeness (QED) is 0.389. The van der Waals surface area contributed by atoms with E-state index in [0.29, 0.717) is 5.92 Å². The van der Waals surface area contributed by atoms with Gasteiger partial charge in [-0.15, -0.1) is 0 Å². The molecule has 136 valence electrons. The molecule has 23 heavy (non-hydrogen) atoms. The monoisotopic (exact) mass is 356 g/mol. The fourth-order valence-corrected chi connectivity index (χ4v) is 5.19. The van der Waals surface area contributed by atoms with Crippen LogP contribution in [0.25, 0.3) is 0 Å². The minimum atomic E-state index is -1.81. The fourth-order valence-electron chi connectivity index (χ4n) is 2.95. The summed E-state index contributed by atoms with van der Waals surface area (Å²) in [5.74, 6) is 1.74. The Morgan fingerprint density at radius 2 is 1.52 bits per heavy atom. The summed E-state index contributed by atoms with van der Waals surface area (Å²) >= 11 is 0. The van der Waals surface area contributed by atoms with Crippen LogP contribution in [0.5, 0.6) is 0 Å². The van der Waals surface area contributed by atoms with Gasteiger partial charge in [0.25, 0.3) is 0 Å². The van der Waals surface area contributed by atoms with Crippen LogP contribution in [0.3, 0.4) is 0 Å². The molecule has 1 rings (SSSR count). The van der Waals surface area contributed by atoms with E-state index in [1.54, 1.807) is 0 Å².